The van der Waals surface area contributed by atoms with Crippen molar-refractivity contribution in [3.8, 4) is 0 Å². The fourth-order valence-electron chi connectivity index (χ4n) is 3.84. The molecule has 3 aromatic rings. The number of hydrogen-bond acceptors (Lipinski definition) is 5. The van der Waals surface area contributed by atoms with E-state index in [9.17, 15) is 14.0 Å². The van der Waals surface area contributed by atoms with Crippen LogP contribution in [0.5, 0.6) is 0 Å². The van der Waals surface area contributed by atoms with E-state index in [1.54, 1.807) is 0 Å². The van der Waals surface area contributed by atoms with Crippen LogP contribution < -0.4 is 15.5 Å². The van der Waals surface area contributed by atoms with Crippen LogP contribution in [0.3, 0.4) is 0 Å². The van der Waals surface area contributed by atoms with Gasteiger partial charge in [-0.25, -0.2) is 13.9 Å². The Kier molecular flexibility index (Phi) is 6.27. The minimum absolute atomic E-state index is 0.0384. The number of aromatic nitrogens is 3. The van der Waals surface area contributed by atoms with Crippen LogP contribution in [0.25, 0.3) is 5.65 Å². The minimum Gasteiger partial charge on any atom is -0.361 e. The van der Waals surface area contributed by atoms with E-state index in [0.29, 0.717) is 42.7 Å². The molecule has 0 unspecified atom stereocenters. The van der Waals surface area contributed by atoms with Crippen molar-refractivity contribution < 1.29 is 14.0 Å². The first-order valence-electron chi connectivity index (χ1n) is 10.4. The first-order valence-corrected chi connectivity index (χ1v) is 10.8. The number of halogens is 2. The van der Waals surface area contributed by atoms with Crippen molar-refractivity contribution in [1.29, 1.82) is 0 Å². The van der Waals surface area contributed by atoms with Gasteiger partial charge in [0.15, 0.2) is 11.3 Å². The molecule has 32 heavy (non-hydrogen) atoms. The standard InChI is InChI=1S/C22H24ClFN6O2/c1-29(2)20-10-9-19-25-12-18(30(19)28-20)22(32)26-15-6-3-13(4-7-15)21(31)27-17-8-5-14(24)11-16(17)23/h5,8-13,15H,3-4,6-7H2,1-2H3,(H,26,32)(H,27,31)/t13-,15-. The number of carbonyl (C=O) groups is 2. The van der Waals surface area contributed by atoms with E-state index in [4.69, 9.17) is 11.6 Å². The largest absolute Gasteiger partial charge is 0.361 e. The van der Waals surface area contributed by atoms with Crippen molar-refractivity contribution >= 4 is 40.6 Å². The van der Waals surface area contributed by atoms with Crippen molar-refractivity contribution in [1.82, 2.24) is 19.9 Å². The summed E-state index contributed by atoms with van der Waals surface area (Å²) in [5.41, 5.74) is 1.36. The Balaban J connectivity index is 1.35. The molecule has 2 aromatic heterocycles. The van der Waals surface area contributed by atoms with Crippen LogP contribution >= 0.6 is 11.6 Å². The SMILES string of the molecule is CN(C)c1ccc2ncc(C(=O)N[C@H]3CC[C@H](C(=O)Nc4ccc(F)cc4Cl)CC3)n2n1. The quantitative estimate of drug-likeness (QED) is 0.610. The highest BCUT2D eigenvalue weighted by Crippen LogP contribution is 2.28. The molecule has 0 atom stereocenters. The molecule has 0 saturated heterocycles. The lowest BCUT2D eigenvalue weighted by Crippen LogP contribution is -2.40. The Labute approximate surface area is 189 Å². The summed E-state index contributed by atoms with van der Waals surface area (Å²) in [7, 11) is 3.76. The number of amides is 2. The molecule has 2 amide bonds. The predicted molar refractivity (Wildman–Crippen MR) is 121 cm³/mol. The summed E-state index contributed by atoms with van der Waals surface area (Å²) in [5, 5.41) is 10.4. The first-order chi connectivity index (χ1) is 15.3. The molecular formula is C22H24ClFN6O2. The van der Waals surface area contributed by atoms with E-state index in [0.717, 1.165) is 5.82 Å². The molecule has 2 N–H and O–H groups in total. The fourth-order valence-corrected chi connectivity index (χ4v) is 4.06. The van der Waals surface area contributed by atoms with E-state index >= 15 is 0 Å². The number of hydrogen-bond donors (Lipinski definition) is 2. The van der Waals surface area contributed by atoms with Gasteiger partial charge in [0.25, 0.3) is 5.91 Å². The second-order valence-electron chi connectivity index (χ2n) is 8.13. The van der Waals surface area contributed by atoms with Gasteiger partial charge in [-0.05, 0) is 56.0 Å². The van der Waals surface area contributed by atoms with Crippen molar-refractivity contribution in [2.24, 2.45) is 5.92 Å². The van der Waals surface area contributed by atoms with Crippen LogP contribution in [-0.4, -0.2) is 46.5 Å². The second kappa shape index (κ2) is 9.12. The number of nitrogens with one attached hydrogen (secondary N) is 2. The van der Waals surface area contributed by atoms with Gasteiger partial charge in [-0.3, -0.25) is 9.59 Å². The zero-order chi connectivity index (χ0) is 22.8. The Hall–Kier alpha value is -3.20. The lowest BCUT2D eigenvalue weighted by atomic mass is 9.85. The summed E-state index contributed by atoms with van der Waals surface area (Å²) in [6.07, 6.45) is 4.13. The Bertz CT molecular complexity index is 1160. The predicted octanol–water partition coefficient (Wildman–Crippen LogP) is 3.52. The molecule has 1 aliphatic rings. The molecule has 1 aromatic carbocycles. The van der Waals surface area contributed by atoms with Crippen molar-refractivity contribution in [3.05, 3.63) is 53.1 Å². The minimum atomic E-state index is -0.455. The van der Waals surface area contributed by atoms with Crippen LogP contribution in [0, 0.1) is 11.7 Å². The third kappa shape index (κ3) is 4.67. The molecule has 0 bridgehead atoms. The monoisotopic (exact) mass is 458 g/mol. The van der Waals surface area contributed by atoms with Gasteiger partial charge in [-0.1, -0.05) is 11.6 Å². The Morgan fingerprint density at radius 3 is 2.59 bits per heavy atom. The van der Waals surface area contributed by atoms with E-state index < -0.39 is 5.82 Å². The topological polar surface area (TPSA) is 91.6 Å². The van der Waals surface area contributed by atoms with Crippen molar-refractivity contribution in [2.45, 2.75) is 31.7 Å². The number of nitrogens with zero attached hydrogens (tertiary/aromatic N) is 4. The van der Waals surface area contributed by atoms with Gasteiger partial charge in [0.2, 0.25) is 5.91 Å². The first kappa shape index (κ1) is 22.0. The van der Waals surface area contributed by atoms with Crippen LogP contribution in [0.4, 0.5) is 15.9 Å². The number of benzene rings is 1. The molecular weight excluding hydrogens is 435 g/mol. The number of rotatable bonds is 5. The number of anilines is 2. The smallest absolute Gasteiger partial charge is 0.271 e. The van der Waals surface area contributed by atoms with Crippen LogP contribution in [0.2, 0.25) is 5.02 Å². The molecule has 168 valence electrons. The van der Waals surface area contributed by atoms with Crippen LogP contribution in [0.1, 0.15) is 36.2 Å². The number of fused-ring (bicyclic) bond motifs is 1. The molecule has 0 spiro atoms. The zero-order valence-corrected chi connectivity index (χ0v) is 18.6. The molecule has 0 aliphatic heterocycles. The van der Waals surface area contributed by atoms with Gasteiger partial charge in [0.05, 0.1) is 16.9 Å². The van der Waals surface area contributed by atoms with E-state index in [-0.39, 0.29) is 28.8 Å². The number of carbonyl (C=O) groups excluding carboxylic acids is 2. The maximum Gasteiger partial charge on any atom is 0.271 e. The summed E-state index contributed by atoms with van der Waals surface area (Å²) < 4.78 is 14.7. The van der Waals surface area contributed by atoms with Gasteiger partial charge in [0.1, 0.15) is 11.6 Å². The summed E-state index contributed by atoms with van der Waals surface area (Å²) >= 11 is 5.99. The van der Waals surface area contributed by atoms with Gasteiger partial charge >= 0.3 is 0 Å². The molecule has 1 fully saturated rings. The molecule has 1 saturated carbocycles. The lowest BCUT2D eigenvalue weighted by Gasteiger charge is -2.28. The van der Waals surface area contributed by atoms with Gasteiger partial charge in [-0.2, -0.15) is 0 Å². The lowest BCUT2D eigenvalue weighted by molar-refractivity contribution is -0.120. The Morgan fingerprint density at radius 2 is 1.91 bits per heavy atom. The van der Waals surface area contributed by atoms with Gasteiger partial charge in [0, 0.05) is 26.1 Å². The summed E-state index contributed by atoms with van der Waals surface area (Å²) in [6.45, 7) is 0. The molecule has 2 heterocycles. The normalized spacial score (nSPS) is 18.4. The maximum atomic E-state index is 13.2. The second-order valence-corrected chi connectivity index (χ2v) is 8.54. The zero-order valence-electron chi connectivity index (χ0n) is 17.8. The fraction of sp³-hybridized carbons (Fsp3) is 0.364. The van der Waals surface area contributed by atoms with E-state index in [1.807, 2.05) is 31.1 Å². The van der Waals surface area contributed by atoms with Crippen molar-refractivity contribution in [3.63, 3.8) is 0 Å². The third-order valence-electron chi connectivity index (χ3n) is 5.66. The summed E-state index contributed by atoms with van der Waals surface area (Å²) in [4.78, 5) is 31.5. The summed E-state index contributed by atoms with van der Waals surface area (Å²) in [5.74, 6) is -0.317. The van der Waals surface area contributed by atoms with Crippen molar-refractivity contribution in [2.75, 3.05) is 24.3 Å². The maximum absolute atomic E-state index is 13.2. The van der Waals surface area contributed by atoms with Gasteiger partial charge < -0.3 is 15.5 Å². The third-order valence-corrected chi connectivity index (χ3v) is 5.97. The molecule has 10 heteroatoms. The highest BCUT2D eigenvalue weighted by Gasteiger charge is 2.28. The molecule has 1 aliphatic carbocycles. The summed E-state index contributed by atoms with van der Waals surface area (Å²) in [6, 6.07) is 7.49. The van der Waals surface area contributed by atoms with Crippen LogP contribution in [-0.2, 0) is 4.79 Å². The average Bonchev–Trinajstić information content (AvgIpc) is 3.19. The molecule has 8 nitrogen and oxygen atoms in total. The molecule has 4 rings (SSSR count). The highest BCUT2D eigenvalue weighted by atomic mass is 35.5. The van der Waals surface area contributed by atoms with Gasteiger partial charge in [-0.15, -0.1) is 5.10 Å². The highest BCUT2D eigenvalue weighted by molar-refractivity contribution is 6.33. The van der Waals surface area contributed by atoms with Crippen LogP contribution in [0.15, 0.2) is 36.5 Å². The Morgan fingerprint density at radius 1 is 1.16 bits per heavy atom. The van der Waals surface area contributed by atoms with E-state index in [2.05, 4.69) is 20.7 Å². The van der Waals surface area contributed by atoms with E-state index in [1.165, 1.54) is 28.9 Å². The average molecular weight is 459 g/mol. The molecule has 0 radical (unpaired) electrons. The number of imidazole rings is 1.